The van der Waals surface area contributed by atoms with Crippen LogP contribution in [-0.2, 0) is 17.8 Å². The fourth-order valence-corrected chi connectivity index (χ4v) is 1.59. The van der Waals surface area contributed by atoms with Crippen molar-refractivity contribution in [3.8, 4) is 0 Å². The average molecular weight is 246 g/mol. The van der Waals surface area contributed by atoms with E-state index in [9.17, 15) is 4.79 Å². The van der Waals surface area contributed by atoms with E-state index >= 15 is 0 Å². The number of carbonyl (C=O) groups is 1. The second-order valence-electron chi connectivity index (χ2n) is 3.73. The number of carbonyl (C=O) groups excluding carboxylic acids is 1. The second-order valence-corrected chi connectivity index (χ2v) is 3.73. The lowest BCUT2D eigenvalue weighted by molar-refractivity contribution is 0.0563. The highest BCUT2D eigenvalue weighted by atomic mass is 16.5. The fraction of sp³-hybridized carbons (Fsp3) is 0.231. The molecule has 0 atom stereocenters. The van der Waals surface area contributed by atoms with Crippen LogP contribution >= 0.6 is 0 Å². The Hall–Kier alpha value is -2.14. The molecule has 18 heavy (non-hydrogen) atoms. The molecule has 0 saturated heterocycles. The molecule has 1 N–H and O–H groups in total. The Morgan fingerprint density at radius 3 is 2.83 bits per heavy atom. The first-order valence-corrected chi connectivity index (χ1v) is 5.55. The minimum atomic E-state index is -0.458. The predicted molar refractivity (Wildman–Crippen MR) is 64.8 cm³/mol. The van der Waals surface area contributed by atoms with Crippen molar-refractivity contribution in [1.82, 2.24) is 10.3 Å². The maximum atomic E-state index is 11.4. The Morgan fingerprint density at radius 1 is 1.33 bits per heavy atom. The summed E-state index contributed by atoms with van der Waals surface area (Å²) in [4.78, 5) is 15.3. The molecule has 5 nitrogen and oxygen atoms in total. The molecule has 2 rings (SSSR count). The SMILES string of the molecule is COC(=O)c1occc1CNCc1ccncc1. The number of esters is 1. The summed E-state index contributed by atoms with van der Waals surface area (Å²) in [6.07, 6.45) is 4.97. The van der Waals surface area contributed by atoms with E-state index in [0.717, 1.165) is 11.1 Å². The van der Waals surface area contributed by atoms with Gasteiger partial charge in [-0.1, -0.05) is 0 Å². The normalized spacial score (nSPS) is 10.3. The third-order valence-corrected chi connectivity index (χ3v) is 2.51. The molecule has 0 saturated carbocycles. The van der Waals surface area contributed by atoms with Crippen molar-refractivity contribution in [2.45, 2.75) is 13.1 Å². The summed E-state index contributed by atoms with van der Waals surface area (Å²) in [6, 6.07) is 5.62. The summed E-state index contributed by atoms with van der Waals surface area (Å²) < 4.78 is 9.73. The van der Waals surface area contributed by atoms with E-state index in [2.05, 4.69) is 15.0 Å². The van der Waals surface area contributed by atoms with Crippen molar-refractivity contribution in [3.63, 3.8) is 0 Å². The van der Waals surface area contributed by atoms with Gasteiger partial charge in [0.05, 0.1) is 13.4 Å². The lowest BCUT2D eigenvalue weighted by Crippen LogP contribution is -2.14. The smallest absolute Gasteiger partial charge is 0.374 e. The van der Waals surface area contributed by atoms with Crippen LogP contribution in [0.15, 0.2) is 41.3 Å². The summed E-state index contributed by atoms with van der Waals surface area (Å²) in [6.45, 7) is 1.25. The van der Waals surface area contributed by atoms with Crippen LogP contribution in [0.25, 0.3) is 0 Å². The van der Waals surface area contributed by atoms with Gasteiger partial charge in [0.25, 0.3) is 0 Å². The lowest BCUT2D eigenvalue weighted by atomic mass is 10.2. The van der Waals surface area contributed by atoms with Crippen LogP contribution in [-0.4, -0.2) is 18.1 Å². The lowest BCUT2D eigenvalue weighted by Gasteiger charge is -2.04. The predicted octanol–water partition coefficient (Wildman–Crippen LogP) is 1.75. The number of hydrogen-bond donors (Lipinski definition) is 1. The van der Waals surface area contributed by atoms with E-state index in [-0.39, 0.29) is 5.76 Å². The minimum Gasteiger partial charge on any atom is -0.463 e. The number of nitrogens with zero attached hydrogens (tertiary/aromatic N) is 1. The Balaban J connectivity index is 1.91. The molecule has 0 aliphatic heterocycles. The van der Waals surface area contributed by atoms with Gasteiger partial charge in [0, 0.05) is 31.0 Å². The molecule has 0 aliphatic rings. The van der Waals surface area contributed by atoms with Crippen LogP contribution in [0.3, 0.4) is 0 Å². The van der Waals surface area contributed by atoms with Crippen LogP contribution in [0.5, 0.6) is 0 Å². The Morgan fingerprint density at radius 2 is 2.11 bits per heavy atom. The summed E-state index contributed by atoms with van der Waals surface area (Å²) in [5.74, 6) is -0.208. The minimum absolute atomic E-state index is 0.250. The van der Waals surface area contributed by atoms with E-state index < -0.39 is 5.97 Å². The van der Waals surface area contributed by atoms with E-state index in [1.165, 1.54) is 13.4 Å². The van der Waals surface area contributed by atoms with Gasteiger partial charge >= 0.3 is 5.97 Å². The third-order valence-electron chi connectivity index (χ3n) is 2.51. The van der Waals surface area contributed by atoms with Gasteiger partial charge in [-0.3, -0.25) is 4.98 Å². The van der Waals surface area contributed by atoms with E-state index in [4.69, 9.17) is 4.42 Å². The van der Waals surface area contributed by atoms with Crippen molar-refractivity contribution in [3.05, 3.63) is 53.7 Å². The Bertz CT molecular complexity index is 508. The topological polar surface area (TPSA) is 64.4 Å². The first kappa shape index (κ1) is 12.3. The molecule has 0 amide bonds. The maximum Gasteiger partial charge on any atom is 0.374 e. The monoisotopic (exact) mass is 246 g/mol. The number of hydrogen-bond acceptors (Lipinski definition) is 5. The first-order chi connectivity index (χ1) is 8.81. The standard InChI is InChI=1S/C13H14N2O3/c1-17-13(16)12-11(4-7-18-12)9-15-8-10-2-5-14-6-3-10/h2-7,15H,8-9H2,1H3. The van der Waals surface area contributed by atoms with Gasteiger partial charge in [-0.2, -0.15) is 0 Å². The van der Waals surface area contributed by atoms with Crippen molar-refractivity contribution in [2.24, 2.45) is 0 Å². The van der Waals surface area contributed by atoms with Gasteiger partial charge in [0.2, 0.25) is 5.76 Å². The molecule has 0 aliphatic carbocycles. The molecule has 0 radical (unpaired) electrons. The number of nitrogens with one attached hydrogen (secondary N) is 1. The number of rotatable bonds is 5. The van der Waals surface area contributed by atoms with Crippen molar-refractivity contribution >= 4 is 5.97 Å². The van der Waals surface area contributed by atoms with Gasteiger partial charge < -0.3 is 14.5 Å². The van der Waals surface area contributed by atoms with Crippen molar-refractivity contribution < 1.29 is 13.9 Å². The molecule has 0 aromatic carbocycles. The zero-order chi connectivity index (χ0) is 12.8. The number of ether oxygens (including phenoxy) is 1. The summed E-state index contributed by atoms with van der Waals surface area (Å²) in [5, 5.41) is 3.23. The van der Waals surface area contributed by atoms with Crippen LogP contribution < -0.4 is 5.32 Å². The Labute approximate surface area is 105 Å². The highest BCUT2D eigenvalue weighted by Crippen LogP contribution is 2.11. The molecule has 2 aromatic heterocycles. The molecule has 0 spiro atoms. The zero-order valence-electron chi connectivity index (χ0n) is 10.1. The molecule has 0 fully saturated rings. The van der Waals surface area contributed by atoms with E-state index in [0.29, 0.717) is 13.1 Å². The number of methoxy groups -OCH3 is 1. The van der Waals surface area contributed by atoms with Crippen LogP contribution in [0, 0.1) is 0 Å². The second kappa shape index (κ2) is 5.97. The van der Waals surface area contributed by atoms with Crippen LogP contribution in [0.4, 0.5) is 0 Å². The fourth-order valence-electron chi connectivity index (χ4n) is 1.59. The van der Waals surface area contributed by atoms with E-state index in [1.54, 1.807) is 18.5 Å². The zero-order valence-corrected chi connectivity index (χ0v) is 10.1. The number of aromatic nitrogens is 1. The quantitative estimate of drug-likeness (QED) is 0.814. The molecule has 94 valence electrons. The molecular weight excluding hydrogens is 232 g/mol. The third kappa shape index (κ3) is 2.95. The molecule has 2 aromatic rings. The van der Waals surface area contributed by atoms with Gasteiger partial charge in [-0.05, 0) is 23.8 Å². The molecule has 0 unspecified atom stereocenters. The number of pyridine rings is 1. The van der Waals surface area contributed by atoms with Crippen LogP contribution in [0.1, 0.15) is 21.7 Å². The van der Waals surface area contributed by atoms with Gasteiger partial charge in [0.1, 0.15) is 0 Å². The number of furan rings is 1. The van der Waals surface area contributed by atoms with E-state index in [1.807, 2.05) is 12.1 Å². The summed E-state index contributed by atoms with van der Waals surface area (Å²) >= 11 is 0. The van der Waals surface area contributed by atoms with Gasteiger partial charge in [-0.25, -0.2) is 4.79 Å². The largest absolute Gasteiger partial charge is 0.463 e. The van der Waals surface area contributed by atoms with Crippen molar-refractivity contribution in [1.29, 1.82) is 0 Å². The van der Waals surface area contributed by atoms with Crippen LogP contribution in [0.2, 0.25) is 0 Å². The highest BCUT2D eigenvalue weighted by Gasteiger charge is 2.14. The highest BCUT2D eigenvalue weighted by molar-refractivity contribution is 5.87. The molecular formula is C13H14N2O3. The van der Waals surface area contributed by atoms with Gasteiger partial charge in [-0.15, -0.1) is 0 Å². The molecule has 2 heterocycles. The molecule has 5 heteroatoms. The summed E-state index contributed by atoms with van der Waals surface area (Å²) in [7, 11) is 1.33. The maximum absolute atomic E-state index is 11.4. The van der Waals surface area contributed by atoms with Gasteiger partial charge in [0.15, 0.2) is 0 Å². The average Bonchev–Trinajstić information content (AvgIpc) is 2.87. The first-order valence-electron chi connectivity index (χ1n) is 5.55. The summed E-state index contributed by atoms with van der Waals surface area (Å²) in [5.41, 5.74) is 1.92. The van der Waals surface area contributed by atoms with Crippen molar-refractivity contribution in [2.75, 3.05) is 7.11 Å². The molecule has 0 bridgehead atoms. The Kier molecular flexibility index (Phi) is 4.09.